The predicted molar refractivity (Wildman–Crippen MR) is 182 cm³/mol. The van der Waals surface area contributed by atoms with Gasteiger partial charge in [0.05, 0.1) is 31.0 Å². The van der Waals surface area contributed by atoms with E-state index in [1.807, 2.05) is 30.3 Å². The average molecular weight is 717 g/mol. The molecule has 0 aliphatic carbocycles. The molecule has 1 fully saturated rings. The lowest BCUT2D eigenvalue weighted by Crippen LogP contribution is -2.53. The molecule has 51 heavy (non-hydrogen) atoms. The molecule has 0 bridgehead atoms. The minimum Gasteiger partial charge on any atom is -0.453 e. The molecular formula is C37H47F3N4O7. The first kappa shape index (κ1) is 39.4. The van der Waals surface area contributed by atoms with Crippen LogP contribution in [0.2, 0.25) is 0 Å². The van der Waals surface area contributed by atoms with E-state index in [0.717, 1.165) is 30.7 Å². The smallest absolute Gasteiger partial charge is 0.410 e. The lowest BCUT2D eigenvalue weighted by molar-refractivity contribution is -0.163. The molecule has 0 spiro atoms. The summed E-state index contributed by atoms with van der Waals surface area (Å²) >= 11 is 0. The molecule has 1 aromatic heterocycles. The molecule has 0 saturated carbocycles. The van der Waals surface area contributed by atoms with E-state index >= 15 is 8.78 Å². The molecule has 2 N–H and O–H groups in total. The minimum atomic E-state index is -1.61. The Morgan fingerprint density at radius 1 is 1.06 bits per heavy atom. The molecule has 0 radical (unpaired) electrons. The number of halogens is 3. The van der Waals surface area contributed by atoms with Crippen LogP contribution in [0.25, 0.3) is 11.3 Å². The predicted octanol–water partition coefficient (Wildman–Crippen LogP) is 5.28. The Morgan fingerprint density at radius 2 is 1.73 bits per heavy atom. The second-order valence-corrected chi connectivity index (χ2v) is 14.5. The number of imidazole rings is 1. The maximum Gasteiger partial charge on any atom is 0.410 e. The summed E-state index contributed by atoms with van der Waals surface area (Å²) in [5.74, 6) is -3.87. The molecule has 4 rings (SSSR count). The van der Waals surface area contributed by atoms with E-state index in [1.54, 1.807) is 39.2 Å². The number of carbonyl (C=O) groups is 3. The Bertz CT molecular complexity index is 1690. The summed E-state index contributed by atoms with van der Waals surface area (Å²) in [6.07, 6.45) is -3.71. The first-order valence-corrected chi connectivity index (χ1v) is 16.8. The third-order valence-electron chi connectivity index (χ3n) is 8.92. The van der Waals surface area contributed by atoms with Crippen LogP contribution < -0.4 is 0 Å². The average Bonchev–Trinajstić information content (AvgIpc) is 3.63. The molecule has 5 atom stereocenters. The number of carbonyl (C=O) groups excluding carboxylic acids is 3. The standard InChI is InChI=1S/C37H47F3N4O7/c1-22(50-23(2)46)34(48)44(18-25-17-43(19-29(25)40)35(49)51-36(3,4)5)32(37(6,7)31(47)21-45)33-41-30(27-15-26(38)13-14-28(27)39)20-42(33)16-24-11-9-8-10-12-24/h8-15,20,22,25,29,31-32,45,47H,16-19,21H2,1-7H3/t22-,25-,29-,31?,32-/m0/s1. The van der Waals surface area contributed by atoms with Gasteiger partial charge in [-0.1, -0.05) is 44.2 Å². The first-order valence-electron chi connectivity index (χ1n) is 16.8. The highest BCUT2D eigenvalue weighted by Gasteiger charge is 2.49. The van der Waals surface area contributed by atoms with Gasteiger partial charge in [0, 0.05) is 49.7 Å². The van der Waals surface area contributed by atoms with E-state index in [9.17, 15) is 29.0 Å². The number of hydrogen-bond acceptors (Lipinski definition) is 8. The number of aromatic nitrogens is 2. The maximum absolute atomic E-state index is 15.9. The Kier molecular flexibility index (Phi) is 12.2. The maximum atomic E-state index is 15.9. The number of ether oxygens (including phenoxy) is 2. The number of alkyl halides is 1. The Balaban J connectivity index is 1.92. The number of aliphatic hydroxyl groups is 2. The summed E-state index contributed by atoms with van der Waals surface area (Å²) in [6.45, 7) is 9.29. The number of esters is 1. The van der Waals surface area contributed by atoms with Crippen LogP contribution in [-0.4, -0.2) is 97.8 Å². The minimum absolute atomic E-state index is 0.0120. The highest BCUT2D eigenvalue weighted by molar-refractivity contribution is 5.83. The topological polar surface area (TPSA) is 134 Å². The van der Waals surface area contributed by atoms with Gasteiger partial charge in [-0.2, -0.15) is 0 Å². The SMILES string of the molecule is CC(=O)O[C@@H](C)C(=O)N(C[C@@H]1CN(C(=O)OC(C)(C)C)C[C@@H]1F)[C@@H](c1nc(-c2cc(F)ccc2F)cn1Cc1ccccc1)C(C)(C)C(O)CO. The van der Waals surface area contributed by atoms with Crippen molar-refractivity contribution in [3.05, 3.63) is 77.8 Å². The monoisotopic (exact) mass is 716 g/mol. The fourth-order valence-corrected chi connectivity index (χ4v) is 6.26. The van der Waals surface area contributed by atoms with Gasteiger partial charge < -0.3 is 34.1 Å². The van der Waals surface area contributed by atoms with E-state index in [-0.39, 0.29) is 43.3 Å². The highest BCUT2D eigenvalue weighted by atomic mass is 19.1. The summed E-state index contributed by atoms with van der Waals surface area (Å²) in [5, 5.41) is 21.5. The molecule has 1 aliphatic rings. The van der Waals surface area contributed by atoms with Crippen molar-refractivity contribution < 1.29 is 47.2 Å². The number of rotatable bonds is 12. The number of likely N-dealkylation sites (tertiary alicyclic amines) is 1. The summed E-state index contributed by atoms with van der Waals surface area (Å²) in [4.78, 5) is 46.5. The zero-order valence-corrected chi connectivity index (χ0v) is 30.0. The Morgan fingerprint density at radius 3 is 2.33 bits per heavy atom. The van der Waals surface area contributed by atoms with Crippen molar-refractivity contribution in [3.8, 4) is 11.3 Å². The van der Waals surface area contributed by atoms with E-state index < -0.39 is 77.6 Å². The van der Waals surface area contributed by atoms with Crippen LogP contribution >= 0.6 is 0 Å². The van der Waals surface area contributed by atoms with Crippen LogP contribution in [0.3, 0.4) is 0 Å². The Hall–Kier alpha value is -4.43. The number of amides is 2. The summed E-state index contributed by atoms with van der Waals surface area (Å²) < 4.78 is 57.8. The molecule has 3 aromatic rings. The quantitative estimate of drug-likeness (QED) is 0.242. The molecule has 278 valence electrons. The van der Waals surface area contributed by atoms with E-state index in [0.29, 0.717) is 0 Å². The van der Waals surface area contributed by atoms with Gasteiger partial charge in [-0.05, 0) is 51.5 Å². The van der Waals surface area contributed by atoms with Crippen molar-refractivity contribution in [2.75, 3.05) is 26.2 Å². The summed E-state index contributed by atoms with van der Waals surface area (Å²) in [6, 6.07) is 10.7. The fraction of sp³-hybridized carbons (Fsp3) is 0.514. The molecule has 1 saturated heterocycles. The largest absolute Gasteiger partial charge is 0.453 e. The van der Waals surface area contributed by atoms with E-state index in [1.165, 1.54) is 22.9 Å². The Labute approximate surface area is 296 Å². The highest BCUT2D eigenvalue weighted by Crippen LogP contribution is 2.43. The second-order valence-electron chi connectivity index (χ2n) is 14.5. The van der Waals surface area contributed by atoms with E-state index in [4.69, 9.17) is 14.5 Å². The van der Waals surface area contributed by atoms with Crippen LogP contribution in [0.4, 0.5) is 18.0 Å². The molecule has 1 unspecified atom stereocenters. The molecule has 1 aliphatic heterocycles. The first-order chi connectivity index (χ1) is 23.8. The van der Waals surface area contributed by atoms with Gasteiger partial charge in [0.2, 0.25) is 0 Å². The van der Waals surface area contributed by atoms with Crippen molar-refractivity contribution in [1.82, 2.24) is 19.4 Å². The van der Waals surface area contributed by atoms with Crippen molar-refractivity contribution in [1.29, 1.82) is 0 Å². The van der Waals surface area contributed by atoms with Crippen molar-refractivity contribution in [3.63, 3.8) is 0 Å². The third kappa shape index (κ3) is 9.47. The normalized spacial score (nSPS) is 18.2. The lowest BCUT2D eigenvalue weighted by atomic mass is 9.77. The van der Waals surface area contributed by atoms with Gasteiger partial charge in [-0.3, -0.25) is 9.59 Å². The fourth-order valence-electron chi connectivity index (χ4n) is 6.26. The third-order valence-corrected chi connectivity index (χ3v) is 8.92. The van der Waals surface area contributed by atoms with E-state index in [2.05, 4.69) is 0 Å². The van der Waals surface area contributed by atoms with Gasteiger partial charge in [-0.25, -0.2) is 22.9 Å². The molecular weight excluding hydrogens is 669 g/mol. The van der Waals surface area contributed by atoms with Crippen molar-refractivity contribution in [2.45, 2.75) is 85.0 Å². The lowest BCUT2D eigenvalue weighted by Gasteiger charge is -2.45. The van der Waals surface area contributed by atoms with Crippen LogP contribution in [0, 0.1) is 23.0 Å². The number of benzene rings is 2. The van der Waals surface area contributed by atoms with Crippen LogP contribution in [0.15, 0.2) is 54.7 Å². The molecule has 2 amide bonds. The van der Waals surface area contributed by atoms with Gasteiger partial charge >= 0.3 is 12.1 Å². The summed E-state index contributed by atoms with van der Waals surface area (Å²) in [5.41, 5.74) is -1.67. The van der Waals surface area contributed by atoms with Crippen LogP contribution in [0.5, 0.6) is 0 Å². The van der Waals surface area contributed by atoms with Gasteiger partial charge in [0.25, 0.3) is 5.91 Å². The van der Waals surface area contributed by atoms with Crippen molar-refractivity contribution in [2.24, 2.45) is 11.3 Å². The molecule has 11 nitrogen and oxygen atoms in total. The zero-order chi connectivity index (χ0) is 37.8. The second kappa shape index (κ2) is 15.9. The number of hydrogen-bond donors (Lipinski definition) is 2. The summed E-state index contributed by atoms with van der Waals surface area (Å²) in [7, 11) is 0. The van der Waals surface area contributed by atoms with Crippen molar-refractivity contribution >= 4 is 18.0 Å². The van der Waals surface area contributed by atoms with Crippen LogP contribution in [-0.2, 0) is 25.6 Å². The number of aliphatic hydroxyl groups excluding tert-OH is 2. The van der Waals surface area contributed by atoms with Gasteiger partial charge in [0.1, 0.15) is 29.2 Å². The molecule has 2 heterocycles. The zero-order valence-electron chi connectivity index (χ0n) is 30.0. The molecule has 2 aromatic carbocycles. The van der Waals surface area contributed by atoms with Gasteiger partial charge in [-0.15, -0.1) is 0 Å². The number of nitrogens with zero attached hydrogens (tertiary/aromatic N) is 4. The molecule has 14 heteroatoms. The van der Waals surface area contributed by atoms with Crippen LogP contribution in [0.1, 0.15) is 65.9 Å². The van der Waals surface area contributed by atoms with Gasteiger partial charge in [0.15, 0.2) is 6.10 Å².